The number of hydrogen-bond donors (Lipinski definition) is 1. The van der Waals surface area contributed by atoms with Gasteiger partial charge in [-0.25, -0.2) is 4.39 Å². The molecule has 106 valence electrons. The van der Waals surface area contributed by atoms with Crippen LogP contribution in [0.3, 0.4) is 0 Å². The minimum absolute atomic E-state index is 0.234. The van der Waals surface area contributed by atoms with E-state index >= 15 is 0 Å². The minimum Gasteiger partial charge on any atom is -0.388 e. The molecule has 2 rings (SSSR count). The first-order valence-corrected chi connectivity index (χ1v) is 6.77. The highest BCUT2D eigenvalue weighted by molar-refractivity contribution is 5.45. The van der Waals surface area contributed by atoms with Crippen LogP contribution < -0.4 is 4.90 Å². The highest BCUT2D eigenvalue weighted by atomic mass is 19.1. The molecule has 2 nitrogen and oxygen atoms in total. The Balaban J connectivity index is 1.91. The Morgan fingerprint density at radius 1 is 1.05 bits per heavy atom. The van der Waals surface area contributed by atoms with Gasteiger partial charge < -0.3 is 10.0 Å². The molecule has 2 aromatic rings. The van der Waals surface area contributed by atoms with Crippen molar-refractivity contribution >= 4 is 5.69 Å². The molecule has 0 bridgehead atoms. The van der Waals surface area contributed by atoms with E-state index in [0.29, 0.717) is 13.0 Å². The number of aryl methyl sites for hydroxylation is 1. The molecule has 1 atom stereocenters. The highest BCUT2D eigenvalue weighted by Crippen LogP contribution is 2.19. The van der Waals surface area contributed by atoms with E-state index in [1.54, 1.807) is 12.1 Å². The average molecular weight is 273 g/mol. The van der Waals surface area contributed by atoms with Crippen molar-refractivity contribution in [1.82, 2.24) is 0 Å². The summed E-state index contributed by atoms with van der Waals surface area (Å²) in [5, 5.41) is 10.2. The lowest BCUT2D eigenvalue weighted by atomic mass is 10.0. The topological polar surface area (TPSA) is 23.5 Å². The SMILES string of the molecule is Cc1ccc(C(O)CCN(C)c2ccc(F)cc2)cc1. The van der Waals surface area contributed by atoms with E-state index in [9.17, 15) is 9.50 Å². The third-order valence-corrected chi connectivity index (χ3v) is 3.47. The van der Waals surface area contributed by atoms with E-state index < -0.39 is 6.10 Å². The highest BCUT2D eigenvalue weighted by Gasteiger charge is 2.09. The first-order chi connectivity index (χ1) is 9.56. The van der Waals surface area contributed by atoms with E-state index in [4.69, 9.17) is 0 Å². The van der Waals surface area contributed by atoms with Crippen LogP contribution in [0.5, 0.6) is 0 Å². The Kier molecular flexibility index (Phi) is 4.74. The second-order valence-electron chi connectivity index (χ2n) is 5.11. The van der Waals surface area contributed by atoms with Gasteiger partial charge in [0.15, 0.2) is 0 Å². The first-order valence-electron chi connectivity index (χ1n) is 6.77. The lowest BCUT2D eigenvalue weighted by Gasteiger charge is -2.21. The van der Waals surface area contributed by atoms with Crippen molar-refractivity contribution in [1.29, 1.82) is 0 Å². The molecule has 0 fully saturated rings. The summed E-state index contributed by atoms with van der Waals surface area (Å²) in [5.41, 5.74) is 3.06. The van der Waals surface area contributed by atoms with Gasteiger partial charge in [-0.1, -0.05) is 29.8 Å². The van der Waals surface area contributed by atoms with E-state index in [1.165, 1.54) is 17.7 Å². The van der Waals surface area contributed by atoms with E-state index in [2.05, 4.69) is 0 Å². The molecule has 0 amide bonds. The van der Waals surface area contributed by atoms with Gasteiger partial charge in [-0.2, -0.15) is 0 Å². The smallest absolute Gasteiger partial charge is 0.123 e. The zero-order chi connectivity index (χ0) is 14.5. The molecule has 3 heteroatoms. The largest absolute Gasteiger partial charge is 0.388 e. The van der Waals surface area contributed by atoms with Gasteiger partial charge in [0.25, 0.3) is 0 Å². The fourth-order valence-corrected chi connectivity index (χ4v) is 2.10. The minimum atomic E-state index is -0.474. The van der Waals surface area contributed by atoms with Crippen LogP contribution in [0.25, 0.3) is 0 Å². The van der Waals surface area contributed by atoms with Gasteiger partial charge >= 0.3 is 0 Å². The molecule has 20 heavy (non-hydrogen) atoms. The third kappa shape index (κ3) is 3.81. The van der Waals surface area contributed by atoms with Gasteiger partial charge in [0.1, 0.15) is 5.82 Å². The summed E-state index contributed by atoms with van der Waals surface area (Å²) in [6.07, 6.45) is 0.162. The number of hydrogen-bond acceptors (Lipinski definition) is 2. The van der Waals surface area contributed by atoms with Crippen LogP contribution in [0, 0.1) is 12.7 Å². The number of aliphatic hydroxyl groups is 1. The molecule has 0 saturated heterocycles. The zero-order valence-electron chi connectivity index (χ0n) is 11.9. The molecule has 0 aromatic heterocycles. The predicted molar refractivity (Wildman–Crippen MR) is 80.4 cm³/mol. The number of aliphatic hydroxyl groups excluding tert-OH is 1. The van der Waals surface area contributed by atoms with Gasteiger partial charge in [0.05, 0.1) is 6.10 Å². The number of anilines is 1. The standard InChI is InChI=1S/C17H20FNO/c1-13-3-5-14(6-4-13)17(20)11-12-19(2)16-9-7-15(18)8-10-16/h3-10,17,20H,11-12H2,1-2H3. The van der Waals surface area contributed by atoms with Crippen LogP contribution in [0.15, 0.2) is 48.5 Å². The number of rotatable bonds is 5. The second kappa shape index (κ2) is 6.53. The van der Waals surface area contributed by atoms with Crippen LogP contribution in [-0.2, 0) is 0 Å². The van der Waals surface area contributed by atoms with Crippen LogP contribution in [0.1, 0.15) is 23.7 Å². The predicted octanol–water partition coefficient (Wildman–Crippen LogP) is 3.69. The summed E-state index contributed by atoms with van der Waals surface area (Å²) >= 11 is 0. The van der Waals surface area contributed by atoms with Crippen LogP contribution in [0.4, 0.5) is 10.1 Å². The third-order valence-electron chi connectivity index (χ3n) is 3.47. The van der Waals surface area contributed by atoms with Crippen LogP contribution in [-0.4, -0.2) is 18.7 Å². The van der Waals surface area contributed by atoms with Crippen LogP contribution >= 0.6 is 0 Å². The molecular weight excluding hydrogens is 253 g/mol. The van der Waals surface area contributed by atoms with Gasteiger partial charge in [-0.15, -0.1) is 0 Å². The van der Waals surface area contributed by atoms with Gasteiger partial charge in [-0.3, -0.25) is 0 Å². The molecule has 0 heterocycles. The van der Waals surface area contributed by atoms with Crippen molar-refractivity contribution in [2.24, 2.45) is 0 Å². The van der Waals surface area contributed by atoms with Gasteiger partial charge in [-0.05, 0) is 43.2 Å². The normalized spacial score (nSPS) is 12.2. The van der Waals surface area contributed by atoms with Crippen LogP contribution in [0.2, 0.25) is 0 Å². The molecule has 0 saturated carbocycles. The molecule has 0 radical (unpaired) electrons. The monoisotopic (exact) mass is 273 g/mol. The summed E-state index contributed by atoms with van der Waals surface area (Å²) in [5.74, 6) is -0.234. The van der Waals surface area contributed by atoms with E-state index in [-0.39, 0.29) is 5.82 Å². The Hall–Kier alpha value is -1.87. The maximum absolute atomic E-state index is 12.9. The molecular formula is C17H20FNO. The molecule has 2 aromatic carbocycles. The molecule has 0 aliphatic carbocycles. The average Bonchev–Trinajstić information content (AvgIpc) is 2.46. The van der Waals surface area contributed by atoms with Crippen molar-refractivity contribution in [2.45, 2.75) is 19.4 Å². The van der Waals surface area contributed by atoms with Crippen molar-refractivity contribution in [3.8, 4) is 0 Å². The lowest BCUT2D eigenvalue weighted by Crippen LogP contribution is -2.20. The summed E-state index contributed by atoms with van der Waals surface area (Å²) in [6.45, 7) is 2.74. The van der Waals surface area contributed by atoms with E-state index in [0.717, 1.165) is 11.3 Å². The summed E-state index contributed by atoms with van der Waals surface area (Å²) in [6, 6.07) is 14.3. The Morgan fingerprint density at radius 2 is 1.65 bits per heavy atom. The lowest BCUT2D eigenvalue weighted by molar-refractivity contribution is 0.170. The molecule has 1 N–H and O–H groups in total. The molecule has 0 aliphatic heterocycles. The van der Waals surface area contributed by atoms with Gasteiger partial charge in [0, 0.05) is 19.3 Å². The summed E-state index contributed by atoms with van der Waals surface area (Å²) < 4.78 is 12.9. The Labute approximate surface area is 119 Å². The Bertz CT molecular complexity index is 484. The number of benzene rings is 2. The molecule has 1 unspecified atom stereocenters. The molecule has 0 spiro atoms. The van der Waals surface area contributed by atoms with Crippen molar-refractivity contribution in [3.63, 3.8) is 0 Å². The summed E-state index contributed by atoms with van der Waals surface area (Å²) in [4.78, 5) is 2.01. The fraction of sp³-hybridized carbons (Fsp3) is 0.294. The van der Waals surface area contributed by atoms with Crippen molar-refractivity contribution in [2.75, 3.05) is 18.5 Å². The maximum Gasteiger partial charge on any atom is 0.123 e. The molecule has 0 aliphatic rings. The van der Waals surface area contributed by atoms with Crippen molar-refractivity contribution in [3.05, 3.63) is 65.5 Å². The summed E-state index contributed by atoms with van der Waals surface area (Å²) in [7, 11) is 1.94. The Morgan fingerprint density at radius 3 is 2.25 bits per heavy atom. The van der Waals surface area contributed by atoms with E-state index in [1.807, 2.05) is 43.1 Å². The maximum atomic E-state index is 12.9. The zero-order valence-corrected chi connectivity index (χ0v) is 11.9. The fourth-order valence-electron chi connectivity index (χ4n) is 2.10. The second-order valence-corrected chi connectivity index (χ2v) is 5.11. The van der Waals surface area contributed by atoms with Crippen molar-refractivity contribution < 1.29 is 9.50 Å². The number of halogens is 1. The number of nitrogens with zero attached hydrogens (tertiary/aromatic N) is 1. The first kappa shape index (κ1) is 14.5. The quantitative estimate of drug-likeness (QED) is 0.898. The van der Waals surface area contributed by atoms with Gasteiger partial charge in [0.2, 0.25) is 0 Å².